The summed E-state index contributed by atoms with van der Waals surface area (Å²) in [6.07, 6.45) is 6.83. The van der Waals surface area contributed by atoms with Crippen LogP contribution < -0.4 is 10.2 Å². The van der Waals surface area contributed by atoms with Crippen LogP contribution in [-0.4, -0.2) is 41.4 Å². The minimum atomic E-state index is -0.527. The lowest BCUT2D eigenvalue weighted by Gasteiger charge is -2.23. The molecule has 0 bridgehead atoms. The van der Waals surface area contributed by atoms with Gasteiger partial charge in [-0.15, -0.1) is 0 Å². The van der Waals surface area contributed by atoms with Gasteiger partial charge < -0.3 is 15.0 Å². The highest BCUT2D eigenvalue weighted by Crippen LogP contribution is 2.34. The fraction of sp³-hybridized carbons (Fsp3) is 0.240. The molecule has 1 saturated carbocycles. The van der Waals surface area contributed by atoms with E-state index in [1.807, 2.05) is 6.07 Å². The van der Waals surface area contributed by atoms with Crippen molar-refractivity contribution in [2.75, 3.05) is 23.9 Å². The number of ether oxygens (including phenoxy) is 1. The second-order valence-corrected chi connectivity index (χ2v) is 7.92. The van der Waals surface area contributed by atoms with Crippen molar-refractivity contribution in [1.82, 2.24) is 9.97 Å². The molecule has 0 spiro atoms. The summed E-state index contributed by atoms with van der Waals surface area (Å²) in [6, 6.07) is 12.1. The van der Waals surface area contributed by atoms with E-state index in [2.05, 4.69) is 15.3 Å². The molecule has 1 aliphatic carbocycles. The van der Waals surface area contributed by atoms with Crippen molar-refractivity contribution in [1.29, 1.82) is 0 Å². The summed E-state index contributed by atoms with van der Waals surface area (Å²) in [5.74, 6) is -0.487. The van der Waals surface area contributed by atoms with Crippen molar-refractivity contribution in [2.24, 2.45) is 5.92 Å². The van der Waals surface area contributed by atoms with Crippen LogP contribution >= 0.6 is 0 Å². The zero-order valence-electron chi connectivity index (χ0n) is 18.4. The molecule has 8 heteroatoms. The van der Waals surface area contributed by atoms with E-state index < -0.39 is 5.97 Å². The third-order valence-electron chi connectivity index (χ3n) is 5.45. The fourth-order valence-corrected chi connectivity index (χ4v) is 3.50. The van der Waals surface area contributed by atoms with Crippen LogP contribution in [0.25, 0.3) is 11.3 Å². The van der Waals surface area contributed by atoms with Gasteiger partial charge >= 0.3 is 5.97 Å². The maximum absolute atomic E-state index is 12.5. The fourth-order valence-electron chi connectivity index (χ4n) is 3.50. The molecule has 1 N–H and O–H groups in total. The van der Waals surface area contributed by atoms with Gasteiger partial charge in [-0.25, -0.2) is 4.79 Å². The summed E-state index contributed by atoms with van der Waals surface area (Å²) < 4.78 is 4.97. The molecule has 4 rings (SSSR count). The van der Waals surface area contributed by atoms with Crippen LogP contribution in [0.1, 0.15) is 40.5 Å². The largest absolute Gasteiger partial charge is 0.465 e. The molecule has 168 valence electrons. The smallest absolute Gasteiger partial charge is 0.340 e. The molecular weight excluding hydrogens is 420 g/mol. The van der Waals surface area contributed by atoms with Crippen molar-refractivity contribution in [3.63, 3.8) is 0 Å². The standard InChI is InChI=1S/C25H24N4O4/c1-16(30)29(15-17-5-6-17)23-10-8-18(12-21(23)25(32)33-2)22-9-7-19(13-27-22)24(31)28-20-4-3-11-26-14-20/h3-4,7-14,17H,5-6,15H2,1-2H3,(H,28,31). The second-order valence-electron chi connectivity index (χ2n) is 7.92. The van der Waals surface area contributed by atoms with Crippen LogP contribution in [0.15, 0.2) is 61.1 Å². The molecule has 1 aliphatic rings. The predicted molar refractivity (Wildman–Crippen MR) is 124 cm³/mol. The highest BCUT2D eigenvalue weighted by Gasteiger charge is 2.29. The molecule has 3 aromatic rings. The van der Waals surface area contributed by atoms with Gasteiger partial charge in [0, 0.05) is 31.4 Å². The first-order valence-electron chi connectivity index (χ1n) is 10.6. The molecule has 2 aromatic heterocycles. The lowest BCUT2D eigenvalue weighted by Crippen LogP contribution is -2.32. The highest BCUT2D eigenvalue weighted by molar-refractivity contribution is 6.04. The van der Waals surface area contributed by atoms with Gasteiger partial charge in [-0.1, -0.05) is 6.07 Å². The van der Waals surface area contributed by atoms with E-state index in [9.17, 15) is 14.4 Å². The SMILES string of the molecule is COC(=O)c1cc(-c2ccc(C(=O)Nc3cccnc3)cn2)ccc1N(CC1CC1)C(C)=O. The zero-order chi connectivity index (χ0) is 23.4. The Morgan fingerprint density at radius 3 is 2.55 bits per heavy atom. The Morgan fingerprint density at radius 2 is 1.94 bits per heavy atom. The number of nitrogens with zero attached hydrogens (tertiary/aromatic N) is 3. The van der Waals surface area contributed by atoms with E-state index >= 15 is 0 Å². The van der Waals surface area contributed by atoms with E-state index in [1.54, 1.807) is 53.7 Å². The molecule has 0 saturated heterocycles. The number of methoxy groups -OCH3 is 1. The molecule has 0 aliphatic heterocycles. The minimum absolute atomic E-state index is 0.123. The Kier molecular flexibility index (Phi) is 6.44. The highest BCUT2D eigenvalue weighted by atomic mass is 16.5. The number of hydrogen-bond acceptors (Lipinski definition) is 6. The van der Waals surface area contributed by atoms with Crippen molar-refractivity contribution in [2.45, 2.75) is 19.8 Å². The van der Waals surface area contributed by atoms with Gasteiger partial charge in [-0.05, 0) is 55.2 Å². The molecule has 0 atom stereocenters. The Balaban J connectivity index is 1.60. The minimum Gasteiger partial charge on any atom is -0.465 e. The summed E-state index contributed by atoms with van der Waals surface area (Å²) in [4.78, 5) is 47.2. The normalized spacial score (nSPS) is 12.7. The number of carbonyl (C=O) groups is 3. The van der Waals surface area contributed by atoms with E-state index in [-0.39, 0.29) is 11.8 Å². The second kappa shape index (κ2) is 9.60. The van der Waals surface area contributed by atoms with Crippen molar-refractivity contribution in [3.05, 3.63) is 72.2 Å². The number of pyridine rings is 2. The summed E-state index contributed by atoms with van der Waals surface area (Å²) in [5.41, 5.74) is 3.06. The van der Waals surface area contributed by atoms with Gasteiger partial charge in [0.05, 0.1) is 41.5 Å². The average molecular weight is 444 g/mol. The van der Waals surface area contributed by atoms with Gasteiger partial charge in [-0.3, -0.25) is 19.6 Å². The Bertz CT molecular complexity index is 1170. The number of carbonyl (C=O) groups excluding carboxylic acids is 3. The van der Waals surface area contributed by atoms with Crippen LogP contribution in [0, 0.1) is 5.92 Å². The van der Waals surface area contributed by atoms with E-state index in [0.29, 0.717) is 46.2 Å². The van der Waals surface area contributed by atoms with Crippen LogP contribution in [0.5, 0.6) is 0 Å². The first-order chi connectivity index (χ1) is 16.0. The molecule has 1 fully saturated rings. The van der Waals surface area contributed by atoms with Crippen LogP contribution in [-0.2, 0) is 9.53 Å². The first-order valence-corrected chi connectivity index (χ1v) is 10.6. The third kappa shape index (κ3) is 5.23. The predicted octanol–water partition coefficient (Wildman–Crippen LogP) is 3.95. The van der Waals surface area contributed by atoms with E-state index in [4.69, 9.17) is 4.74 Å². The maximum atomic E-state index is 12.5. The molecule has 2 amide bonds. The number of nitrogens with one attached hydrogen (secondary N) is 1. The first kappa shape index (κ1) is 22.1. The molecule has 0 radical (unpaired) electrons. The van der Waals surface area contributed by atoms with Crippen molar-refractivity contribution in [3.8, 4) is 11.3 Å². The zero-order valence-corrected chi connectivity index (χ0v) is 18.4. The van der Waals surface area contributed by atoms with E-state index in [1.165, 1.54) is 20.2 Å². The maximum Gasteiger partial charge on any atom is 0.340 e. The Morgan fingerprint density at radius 1 is 1.12 bits per heavy atom. The molecule has 33 heavy (non-hydrogen) atoms. The summed E-state index contributed by atoms with van der Waals surface area (Å²) in [5, 5.41) is 2.76. The molecule has 8 nitrogen and oxygen atoms in total. The number of aromatic nitrogens is 2. The molecule has 0 unspecified atom stereocenters. The van der Waals surface area contributed by atoms with Crippen LogP contribution in [0.3, 0.4) is 0 Å². The number of esters is 1. The molecular formula is C25H24N4O4. The lowest BCUT2D eigenvalue weighted by atomic mass is 10.0. The average Bonchev–Trinajstić information content (AvgIpc) is 3.66. The summed E-state index contributed by atoms with van der Waals surface area (Å²) >= 11 is 0. The Hall–Kier alpha value is -4.07. The van der Waals surface area contributed by atoms with Crippen LogP contribution in [0.4, 0.5) is 11.4 Å². The number of benzene rings is 1. The number of rotatable bonds is 7. The topological polar surface area (TPSA) is 101 Å². The number of amides is 2. The van der Waals surface area contributed by atoms with Gasteiger partial charge in [0.15, 0.2) is 0 Å². The number of hydrogen-bond donors (Lipinski definition) is 1. The van der Waals surface area contributed by atoms with Crippen molar-refractivity contribution >= 4 is 29.2 Å². The summed E-state index contributed by atoms with van der Waals surface area (Å²) in [7, 11) is 1.31. The van der Waals surface area contributed by atoms with Gasteiger partial charge in [0.2, 0.25) is 5.91 Å². The molecule has 2 heterocycles. The van der Waals surface area contributed by atoms with Gasteiger partial charge in [0.25, 0.3) is 5.91 Å². The third-order valence-corrected chi connectivity index (χ3v) is 5.45. The number of anilines is 2. The summed E-state index contributed by atoms with van der Waals surface area (Å²) in [6.45, 7) is 2.08. The van der Waals surface area contributed by atoms with Crippen LogP contribution in [0.2, 0.25) is 0 Å². The molecule has 1 aromatic carbocycles. The van der Waals surface area contributed by atoms with Gasteiger partial charge in [-0.2, -0.15) is 0 Å². The van der Waals surface area contributed by atoms with E-state index in [0.717, 1.165) is 12.8 Å². The van der Waals surface area contributed by atoms with Crippen molar-refractivity contribution < 1.29 is 19.1 Å². The monoisotopic (exact) mass is 444 g/mol. The Labute approximate surface area is 191 Å². The lowest BCUT2D eigenvalue weighted by molar-refractivity contribution is -0.116. The van der Waals surface area contributed by atoms with Gasteiger partial charge in [0.1, 0.15) is 0 Å². The quantitative estimate of drug-likeness (QED) is 0.554.